The van der Waals surface area contributed by atoms with Gasteiger partial charge < -0.3 is 5.11 Å². The molecule has 0 spiro atoms. The molecule has 1 N–H and O–H groups in total. The van der Waals surface area contributed by atoms with Crippen molar-refractivity contribution in [1.29, 1.82) is 0 Å². The number of rotatable bonds is 5. The highest BCUT2D eigenvalue weighted by Crippen LogP contribution is 2.40. The minimum Gasteiger partial charge on any atom is -0.478 e. The van der Waals surface area contributed by atoms with Gasteiger partial charge in [0.25, 0.3) is 0 Å². The van der Waals surface area contributed by atoms with Gasteiger partial charge in [-0.3, -0.25) is 0 Å². The molecular weight excluding hydrogens is 260 g/mol. The molecule has 1 aromatic heterocycles. The molecule has 0 radical (unpaired) electrons. The van der Waals surface area contributed by atoms with E-state index in [1.165, 1.54) is 31.9 Å². The second-order valence-corrected chi connectivity index (χ2v) is 6.67. The van der Waals surface area contributed by atoms with E-state index < -0.39 is 5.97 Å². The molecule has 4 nitrogen and oxygen atoms in total. The molecular formula is C14H18N2O2S. The first-order chi connectivity index (χ1) is 9.24. The second kappa shape index (κ2) is 5.49. The third kappa shape index (κ3) is 3.08. The minimum absolute atomic E-state index is 0.289. The van der Waals surface area contributed by atoms with Crippen LogP contribution in [0.5, 0.6) is 0 Å². The lowest BCUT2D eigenvalue weighted by molar-refractivity contribution is 0.0694. The van der Waals surface area contributed by atoms with Gasteiger partial charge in [0.2, 0.25) is 0 Å². The summed E-state index contributed by atoms with van der Waals surface area (Å²) in [4.78, 5) is 19.9. The Morgan fingerprint density at radius 2 is 2.05 bits per heavy atom. The van der Waals surface area contributed by atoms with Gasteiger partial charge in [-0.2, -0.15) is 11.8 Å². The number of carbonyl (C=O) groups is 1. The zero-order valence-corrected chi connectivity index (χ0v) is 11.7. The fourth-order valence-electron chi connectivity index (χ4n) is 2.58. The Labute approximate surface area is 117 Å². The summed E-state index contributed by atoms with van der Waals surface area (Å²) in [5.74, 6) is 1.05. The van der Waals surface area contributed by atoms with E-state index in [1.54, 1.807) is 0 Å². The number of hydrogen-bond acceptors (Lipinski definition) is 4. The van der Waals surface area contributed by atoms with Crippen molar-refractivity contribution in [2.75, 3.05) is 0 Å². The SMILES string of the molecule is O=C(O)c1cnc(CSC2CCCC2)nc1C1CC1. The van der Waals surface area contributed by atoms with Crippen molar-refractivity contribution in [3.63, 3.8) is 0 Å². The molecule has 2 aliphatic rings. The van der Waals surface area contributed by atoms with Crippen molar-refractivity contribution >= 4 is 17.7 Å². The standard InChI is InChI=1S/C14H18N2O2S/c17-14(18)11-7-15-12(16-13(11)9-5-6-9)8-19-10-3-1-2-4-10/h7,9-10H,1-6,8H2,(H,17,18). The molecule has 0 aromatic carbocycles. The maximum atomic E-state index is 11.1. The van der Waals surface area contributed by atoms with E-state index in [2.05, 4.69) is 9.97 Å². The van der Waals surface area contributed by atoms with E-state index in [4.69, 9.17) is 5.11 Å². The molecule has 0 unspecified atom stereocenters. The Morgan fingerprint density at radius 1 is 1.32 bits per heavy atom. The maximum absolute atomic E-state index is 11.1. The molecule has 0 saturated heterocycles. The van der Waals surface area contributed by atoms with E-state index in [0.717, 1.165) is 35.4 Å². The largest absolute Gasteiger partial charge is 0.478 e. The number of nitrogens with zero attached hydrogens (tertiary/aromatic N) is 2. The van der Waals surface area contributed by atoms with Gasteiger partial charge >= 0.3 is 5.97 Å². The molecule has 3 rings (SSSR count). The molecule has 19 heavy (non-hydrogen) atoms. The number of aromatic nitrogens is 2. The van der Waals surface area contributed by atoms with E-state index in [0.29, 0.717) is 5.92 Å². The summed E-state index contributed by atoms with van der Waals surface area (Å²) < 4.78 is 0. The number of carboxylic acids is 1. The van der Waals surface area contributed by atoms with Gasteiger partial charge in [-0.25, -0.2) is 14.8 Å². The predicted octanol–water partition coefficient (Wildman–Crippen LogP) is 3.23. The predicted molar refractivity (Wildman–Crippen MR) is 74.5 cm³/mol. The van der Waals surface area contributed by atoms with E-state index >= 15 is 0 Å². The van der Waals surface area contributed by atoms with Crippen LogP contribution in [0.25, 0.3) is 0 Å². The first kappa shape index (κ1) is 12.9. The van der Waals surface area contributed by atoms with Crippen molar-refractivity contribution in [3.8, 4) is 0 Å². The van der Waals surface area contributed by atoms with Gasteiger partial charge in [-0.15, -0.1) is 0 Å². The zero-order valence-electron chi connectivity index (χ0n) is 10.8. The fourth-order valence-corrected chi connectivity index (χ4v) is 3.77. The molecule has 0 bridgehead atoms. The van der Waals surface area contributed by atoms with Crippen LogP contribution in [-0.4, -0.2) is 26.3 Å². The van der Waals surface area contributed by atoms with Gasteiger partial charge in [0.1, 0.15) is 5.82 Å². The number of aromatic carboxylic acids is 1. The molecule has 102 valence electrons. The molecule has 1 heterocycles. The van der Waals surface area contributed by atoms with Gasteiger partial charge in [-0.1, -0.05) is 12.8 Å². The average molecular weight is 278 g/mol. The summed E-state index contributed by atoms with van der Waals surface area (Å²) in [6, 6.07) is 0. The van der Waals surface area contributed by atoms with Crippen molar-refractivity contribution in [2.45, 2.75) is 55.4 Å². The van der Waals surface area contributed by atoms with Crippen LogP contribution < -0.4 is 0 Å². The van der Waals surface area contributed by atoms with Crippen molar-refractivity contribution in [3.05, 3.63) is 23.3 Å². The summed E-state index contributed by atoms with van der Waals surface area (Å²) in [6.45, 7) is 0. The normalized spacial score (nSPS) is 19.8. The van der Waals surface area contributed by atoms with Crippen LogP contribution in [0.3, 0.4) is 0 Å². The molecule has 2 fully saturated rings. The summed E-state index contributed by atoms with van der Waals surface area (Å²) in [6.07, 6.45) is 8.89. The molecule has 5 heteroatoms. The Kier molecular flexibility index (Phi) is 3.73. The second-order valence-electron chi connectivity index (χ2n) is 5.38. The Balaban J connectivity index is 1.71. The van der Waals surface area contributed by atoms with Crippen LogP contribution in [0.1, 0.15) is 66.3 Å². The van der Waals surface area contributed by atoms with Gasteiger partial charge in [0, 0.05) is 17.4 Å². The third-order valence-corrected chi connectivity index (χ3v) is 5.18. The van der Waals surface area contributed by atoms with Crippen LogP contribution in [0, 0.1) is 0 Å². The fraction of sp³-hybridized carbons (Fsp3) is 0.643. The average Bonchev–Trinajstić information content (AvgIpc) is 3.13. The topological polar surface area (TPSA) is 63.1 Å². The molecule has 2 aliphatic carbocycles. The lowest BCUT2D eigenvalue weighted by Gasteiger charge is -2.09. The van der Waals surface area contributed by atoms with Gasteiger partial charge in [0.05, 0.1) is 17.0 Å². The Hall–Kier alpha value is -1.10. The van der Waals surface area contributed by atoms with Crippen LogP contribution in [0.4, 0.5) is 0 Å². The summed E-state index contributed by atoms with van der Waals surface area (Å²) >= 11 is 1.92. The van der Waals surface area contributed by atoms with Crippen LogP contribution in [0.2, 0.25) is 0 Å². The number of thioether (sulfide) groups is 1. The number of carboxylic acid groups (broad SMARTS) is 1. The van der Waals surface area contributed by atoms with E-state index in [9.17, 15) is 4.79 Å². The Bertz CT molecular complexity index is 482. The highest BCUT2D eigenvalue weighted by atomic mass is 32.2. The summed E-state index contributed by atoms with van der Waals surface area (Å²) in [5.41, 5.74) is 1.04. The highest BCUT2D eigenvalue weighted by Gasteiger charge is 2.30. The first-order valence-corrected chi connectivity index (χ1v) is 7.99. The Morgan fingerprint density at radius 3 is 2.68 bits per heavy atom. The van der Waals surface area contributed by atoms with E-state index in [-0.39, 0.29) is 5.56 Å². The molecule has 1 aromatic rings. The maximum Gasteiger partial charge on any atom is 0.339 e. The van der Waals surface area contributed by atoms with Crippen molar-refractivity contribution < 1.29 is 9.90 Å². The lowest BCUT2D eigenvalue weighted by Crippen LogP contribution is -2.08. The van der Waals surface area contributed by atoms with Crippen molar-refractivity contribution in [1.82, 2.24) is 9.97 Å². The van der Waals surface area contributed by atoms with Gasteiger partial charge in [0.15, 0.2) is 0 Å². The summed E-state index contributed by atoms with van der Waals surface area (Å²) in [5, 5.41) is 9.89. The van der Waals surface area contributed by atoms with Crippen LogP contribution >= 0.6 is 11.8 Å². The van der Waals surface area contributed by atoms with Crippen LogP contribution in [-0.2, 0) is 5.75 Å². The lowest BCUT2D eigenvalue weighted by atomic mass is 10.1. The van der Waals surface area contributed by atoms with Crippen LogP contribution in [0.15, 0.2) is 6.20 Å². The first-order valence-electron chi connectivity index (χ1n) is 6.95. The quantitative estimate of drug-likeness (QED) is 0.896. The zero-order chi connectivity index (χ0) is 13.2. The van der Waals surface area contributed by atoms with Crippen molar-refractivity contribution in [2.24, 2.45) is 0 Å². The molecule has 0 aliphatic heterocycles. The molecule has 0 atom stereocenters. The smallest absolute Gasteiger partial charge is 0.339 e. The monoisotopic (exact) mass is 278 g/mol. The summed E-state index contributed by atoms with van der Waals surface area (Å²) in [7, 11) is 0. The van der Waals surface area contributed by atoms with E-state index in [1.807, 2.05) is 11.8 Å². The highest BCUT2D eigenvalue weighted by molar-refractivity contribution is 7.99. The molecule has 0 amide bonds. The number of hydrogen-bond donors (Lipinski definition) is 1. The van der Waals surface area contributed by atoms with Gasteiger partial charge in [-0.05, 0) is 25.7 Å². The third-order valence-electron chi connectivity index (χ3n) is 3.81. The minimum atomic E-state index is -0.906. The molecule has 2 saturated carbocycles.